The van der Waals surface area contributed by atoms with E-state index in [1.54, 1.807) is 24.7 Å². The maximum absolute atomic E-state index is 3.77. The first-order valence-corrected chi connectivity index (χ1v) is 2.99. The number of imidazole rings is 1. The highest BCUT2D eigenvalue weighted by Crippen LogP contribution is 1.81. The molecule has 0 saturated carbocycles. The second kappa shape index (κ2) is 5.82. The van der Waals surface area contributed by atoms with Crippen molar-refractivity contribution in [1.29, 1.82) is 0 Å². The minimum atomic E-state index is 1.11. The fourth-order valence-electron chi connectivity index (χ4n) is 0.325. The summed E-state index contributed by atoms with van der Waals surface area (Å²) in [5.41, 5.74) is 1.11. The molecule has 0 aliphatic rings. The molecule has 0 atom stereocenters. The first kappa shape index (κ1) is 8.69. The molecule has 1 aromatic rings. The number of hydrogen-bond donors (Lipinski definition) is 1. The van der Waals surface area contributed by atoms with Crippen LogP contribution in [0, 0.1) is 6.92 Å². The number of aromatic nitrogens is 2. The van der Waals surface area contributed by atoms with Gasteiger partial charge in [-0.15, -0.1) is 0 Å². The molecule has 2 heteroatoms. The summed E-state index contributed by atoms with van der Waals surface area (Å²) in [6, 6.07) is 0. The molecule has 54 valence electrons. The molecule has 10 heavy (non-hydrogen) atoms. The van der Waals surface area contributed by atoms with Crippen molar-refractivity contribution in [2.45, 2.75) is 6.92 Å². The molecule has 1 heterocycles. The third kappa shape index (κ3) is 4.84. The summed E-state index contributed by atoms with van der Waals surface area (Å²) in [6.45, 7) is 8.69. The lowest BCUT2D eigenvalue weighted by Gasteiger charge is -1.67. The van der Waals surface area contributed by atoms with Crippen LogP contribution in [-0.4, -0.2) is 9.97 Å². The van der Waals surface area contributed by atoms with Crippen LogP contribution in [-0.2, 0) is 0 Å². The molecule has 1 rings (SSSR count). The zero-order valence-corrected chi connectivity index (χ0v) is 6.17. The summed E-state index contributed by atoms with van der Waals surface area (Å²) in [4.78, 5) is 6.66. The third-order valence-electron chi connectivity index (χ3n) is 0.802. The molecule has 0 bridgehead atoms. The van der Waals surface area contributed by atoms with Crippen LogP contribution in [0.4, 0.5) is 0 Å². The minimum absolute atomic E-state index is 1.11. The Labute approximate surface area is 61.3 Å². The summed E-state index contributed by atoms with van der Waals surface area (Å²) in [5.74, 6) is 0. The SMILES string of the molecule is C=CC=C.Cc1cnc[nH]1. The van der Waals surface area contributed by atoms with Gasteiger partial charge in [-0.25, -0.2) is 4.98 Å². The van der Waals surface area contributed by atoms with Gasteiger partial charge in [-0.05, 0) is 6.92 Å². The largest absolute Gasteiger partial charge is 0.349 e. The predicted octanol–water partition coefficient (Wildman–Crippen LogP) is 2.08. The molecule has 0 spiro atoms. The summed E-state index contributed by atoms with van der Waals surface area (Å²) in [5, 5.41) is 0. The smallest absolute Gasteiger partial charge is 0.0921 e. The second-order valence-corrected chi connectivity index (χ2v) is 1.71. The average Bonchev–Trinajstić information content (AvgIpc) is 2.40. The Morgan fingerprint density at radius 2 is 2.10 bits per heavy atom. The van der Waals surface area contributed by atoms with Crippen LogP contribution in [0.25, 0.3) is 0 Å². The van der Waals surface area contributed by atoms with Gasteiger partial charge in [-0.3, -0.25) is 0 Å². The molecule has 0 amide bonds. The normalized spacial score (nSPS) is 7.30. The molecule has 1 N–H and O–H groups in total. The van der Waals surface area contributed by atoms with Crippen molar-refractivity contribution < 1.29 is 0 Å². The molecule has 0 radical (unpaired) electrons. The van der Waals surface area contributed by atoms with Gasteiger partial charge >= 0.3 is 0 Å². The molecular weight excluding hydrogens is 124 g/mol. The molecular formula is C8H12N2. The van der Waals surface area contributed by atoms with E-state index >= 15 is 0 Å². The van der Waals surface area contributed by atoms with Gasteiger partial charge in [0.25, 0.3) is 0 Å². The number of aryl methyl sites for hydroxylation is 1. The van der Waals surface area contributed by atoms with Crippen molar-refractivity contribution in [3.05, 3.63) is 43.5 Å². The van der Waals surface area contributed by atoms with E-state index in [1.165, 1.54) is 0 Å². The fraction of sp³-hybridized carbons (Fsp3) is 0.125. The first-order chi connectivity index (χ1) is 4.81. The molecule has 2 nitrogen and oxygen atoms in total. The lowest BCUT2D eigenvalue weighted by atomic mass is 10.6. The molecule has 0 saturated heterocycles. The number of aromatic amines is 1. The number of nitrogens with zero attached hydrogens (tertiary/aromatic N) is 1. The van der Waals surface area contributed by atoms with Gasteiger partial charge < -0.3 is 4.98 Å². The number of H-pyrrole nitrogens is 1. The number of hydrogen-bond acceptors (Lipinski definition) is 1. The van der Waals surface area contributed by atoms with Gasteiger partial charge in [0.15, 0.2) is 0 Å². The van der Waals surface area contributed by atoms with E-state index in [1.807, 2.05) is 6.92 Å². The van der Waals surface area contributed by atoms with Crippen LogP contribution in [0.2, 0.25) is 0 Å². The highest BCUT2D eigenvalue weighted by molar-refractivity contribution is 4.88. The Bertz CT molecular complexity index is 169. The topological polar surface area (TPSA) is 28.7 Å². The maximum atomic E-state index is 3.77. The van der Waals surface area contributed by atoms with Gasteiger partial charge in [0.2, 0.25) is 0 Å². The Hall–Kier alpha value is -1.31. The van der Waals surface area contributed by atoms with Gasteiger partial charge in [0, 0.05) is 11.9 Å². The van der Waals surface area contributed by atoms with Crippen molar-refractivity contribution in [1.82, 2.24) is 9.97 Å². The Morgan fingerprint density at radius 3 is 2.20 bits per heavy atom. The Morgan fingerprint density at radius 1 is 1.50 bits per heavy atom. The van der Waals surface area contributed by atoms with E-state index in [0.29, 0.717) is 0 Å². The van der Waals surface area contributed by atoms with E-state index in [9.17, 15) is 0 Å². The van der Waals surface area contributed by atoms with Crippen LogP contribution < -0.4 is 0 Å². The van der Waals surface area contributed by atoms with Crippen molar-refractivity contribution in [3.63, 3.8) is 0 Å². The number of allylic oxidation sites excluding steroid dienone is 2. The first-order valence-electron chi connectivity index (χ1n) is 2.99. The van der Waals surface area contributed by atoms with Crippen molar-refractivity contribution in [2.75, 3.05) is 0 Å². The summed E-state index contributed by atoms with van der Waals surface area (Å²) >= 11 is 0. The van der Waals surface area contributed by atoms with Crippen LogP contribution in [0.1, 0.15) is 5.69 Å². The van der Waals surface area contributed by atoms with E-state index < -0.39 is 0 Å². The Balaban J connectivity index is 0.000000180. The third-order valence-corrected chi connectivity index (χ3v) is 0.802. The minimum Gasteiger partial charge on any atom is -0.349 e. The van der Waals surface area contributed by atoms with Gasteiger partial charge in [0.05, 0.1) is 6.33 Å². The maximum Gasteiger partial charge on any atom is 0.0921 e. The highest BCUT2D eigenvalue weighted by Gasteiger charge is 1.73. The fourth-order valence-corrected chi connectivity index (χ4v) is 0.325. The van der Waals surface area contributed by atoms with Gasteiger partial charge in [0.1, 0.15) is 0 Å². The number of rotatable bonds is 1. The molecule has 0 aromatic carbocycles. The van der Waals surface area contributed by atoms with E-state index in [4.69, 9.17) is 0 Å². The summed E-state index contributed by atoms with van der Waals surface area (Å²) < 4.78 is 0. The van der Waals surface area contributed by atoms with Crippen LogP contribution >= 0.6 is 0 Å². The predicted molar refractivity (Wildman–Crippen MR) is 43.7 cm³/mol. The summed E-state index contributed by atoms with van der Waals surface area (Å²) in [6.07, 6.45) is 6.72. The molecule has 0 fully saturated rings. The zero-order valence-electron chi connectivity index (χ0n) is 6.17. The highest BCUT2D eigenvalue weighted by atomic mass is 14.8. The molecule has 1 aromatic heterocycles. The van der Waals surface area contributed by atoms with Crippen LogP contribution in [0.5, 0.6) is 0 Å². The quantitative estimate of drug-likeness (QED) is 0.588. The lowest BCUT2D eigenvalue weighted by molar-refractivity contribution is 1.25. The van der Waals surface area contributed by atoms with Crippen molar-refractivity contribution in [2.24, 2.45) is 0 Å². The standard InChI is InChI=1S/C4H6N2.C4H6/c1-4-2-5-3-6-4;1-3-4-2/h2-3H,1H3,(H,5,6);3-4H,1-2H2. The monoisotopic (exact) mass is 136 g/mol. The molecule has 0 unspecified atom stereocenters. The molecule has 0 aliphatic heterocycles. The summed E-state index contributed by atoms with van der Waals surface area (Å²) in [7, 11) is 0. The second-order valence-electron chi connectivity index (χ2n) is 1.71. The average molecular weight is 136 g/mol. The van der Waals surface area contributed by atoms with Crippen molar-refractivity contribution >= 4 is 0 Å². The van der Waals surface area contributed by atoms with Gasteiger partial charge in [-0.2, -0.15) is 0 Å². The van der Waals surface area contributed by atoms with Crippen LogP contribution in [0.3, 0.4) is 0 Å². The van der Waals surface area contributed by atoms with E-state index in [-0.39, 0.29) is 0 Å². The Kier molecular flexibility index (Phi) is 5.06. The molecule has 0 aliphatic carbocycles. The van der Waals surface area contributed by atoms with E-state index in [0.717, 1.165) is 5.69 Å². The van der Waals surface area contributed by atoms with Crippen molar-refractivity contribution in [3.8, 4) is 0 Å². The van der Waals surface area contributed by atoms with Crippen LogP contribution in [0.15, 0.2) is 37.8 Å². The lowest BCUT2D eigenvalue weighted by Crippen LogP contribution is -1.59. The van der Waals surface area contributed by atoms with Gasteiger partial charge in [-0.1, -0.05) is 25.3 Å². The number of nitrogens with one attached hydrogen (secondary N) is 1. The zero-order chi connectivity index (χ0) is 7.82. The van der Waals surface area contributed by atoms with E-state index in [2.05, 4.69) is 23.1 Å².